The van der Waals surface area contributed by atoms with Gasteiger partial charge in [-0.15, -0.1) is 0 Å². The number of aromatic nitrogens is 1. The number of anilines is 1. The van der Waals surface area contributed by atoms with Crippen LogP contribution in [0.1, 0.15) is 61.8 Å². The van der Waals surface area contributed by atoms with Gasteiger partial charge in [-0.1, -0.05) is 31.4 Å². The van der Waals surface area contributed by atoms with Gasteiger partial charge in [0.15, 0.2) is 0 Å². The summed E-state index contributed by atoms with van der Waals surface area (Å²) in [6, 6.07) is 6.83. The molecule has 1 aromatic carbocycles. The van der Waals surface area contributed by atoms with E-state index >= 15 is 0 Å². The number of nitrogens with zero attached hydrogens (tertiary/aromatic N) is 1. The van der Waals surface area contributed by atoms with Gasteiger partial charge in [-0.25, -0.2) is 0 Å². The molecule has 0 amide bonds. The van der Waals surface area contributed by atoms with E-state index in [0.29, 0.717) is 5.92 Å². The first kappa shape index (κ1) is 14.4. The molecule has 112 valence electrons. The summed E-state index contributed by atoms with van der Waals surface area (Å²) in [7, 11) is 0. The maximum Gasteiger partial charge on any atom is 0.0755 e. The molecule has 2 heteroatoms. The zero-order valence-electron chi connectivity index (χ0n) is 13.5. The van der Waals surface area contributed by atoms with Crippen molar-refractivity contribution in [3.05, 3.63) is 35.0 Å². The second-order valence-electron chi connectivity index (χ2n) is 6.48. The minimum absolute atomic E-state index is 0.664. The molecule has 0 saturated heterocycles. The van der Waals surface area contributed by atoms with Gasteiger partial charge in [-0.05, 0) is 50.8 Å². The van der Waals surface area contributed by atoms with Gasteiger partial charge in [0.05, 0.1) is 5.52 Å². The summed E-state index contributed by atoms with van der Waals surface area (Å²) in [4.78, 5) is 5.03. The zero-order chi connectivity index (χ0) is 14.8. The Balaban J connectivity index is 2.13. The molecule has 1 N–H and O–H groups in total. The van der Waals surface area contributed by atoms with E-state index < -0.39 is 0 Å². The Hall–Kier alpha value is -1.57. The third kappa shape index (κ3) is 2.90. The lowest BCUT2D eigenvalue weighted by atomic mass is 9.99. The summed E-state index contributed by atoms with van der Waals surface area (Å²) < 4.78 is 0. The summed E-state index contributed by atoms with van der Waals surface area (Å²) >= 11 is 0. The second-order valence-corrected chi connectivity index (χ2v) is 6.48. The second kappa shape index (κ2) is 6.05. The van der Waals surface area contributed by atoms with Crippen LogP contribution in [0.2, 0.25) is 0 Å². The summed E-state index contributed by atoms with van der Waals surface area (Å²) in [6.07, 6.45) is 6.46. The summed E-state index contributed by atoms with van der Waals surface area (Å²) in [5, 5.41) is 4.90. The van der Waals surface area contributed by atoms with Crippen molar-refractivity contribution in [3.63, 3.8) is 0 Å². The first-order valence-electron chi connectivity index (χ1n) is 8.35. The number of rotatable bonds is 4. The molecule has 1 aliphatic rings. The highest BCUT2D eigenvalue weighted by atomic mass is 14.9. The lowest BCUT2D eigenvalue weighted by Crippen LogP contribution is -2.05. The highest BCUT2D eigenvalue weighted by Gasteiger charge is 2.20. The highest BCUT2D eigenvalue weighted by molar-refractivity contribution is 5.94. The van der Waals surface area contributed by atoms with Crippen molar-refractivity contribution < 1.29 is 0 Å². The average Bonchev–Trinajstić information content (AvgIpc) is 2.99. The molecule has 2 aromatic rings. The van der Waals surface area contributed by atoms with Crippen LogP contribution in [-0.2, 0) is 0 Å². The van der Waals surface area contributed by atoms with Gasteiger partial charge in [0.1, 0.15) is 0 Å². The zero-order valence-corrected chi connectivity index (χ0v) is 13.5. The van der Waals surface area contributed by atoms with Gasteiger partial charge in [0, 0.05) is 29.2 Å². The molecule has 0 unspecified atom stereocenters. The quantitative estimate of drug-likeness (QED) is 0.819. The molecule has 0 aliphatic heterocycles. The number of benzene rings is 1. The first-order valence-corrected chi connectivity index (χ1v) is 8.35. The van der Waals surface area contributed by atoms with Gasteiger partial charge in [0.2, 0.25) is 0 Å². The molecule has 0 atom stereocenters. The first-order chi connectivity index (χ1) is 10.2. The standard InChI is InChI=1S/C19H26N2/c1-4-9-20-18-12-17(15-7-5-6-8-15)21-19-14(3)10-13(2)11-16(18)19/h10-12,15H,4-9H2,1-3H3,(H,20,21). The maximum absolute atomic E-state index is 5.03. The molecule has 1 fully saturated rings. The van der Waals surface area contributed by atoms with E-state index in [4.69, 9.17) is 4.98 Å². The van der Waals surface area contributed by atoms with Crippen molar-refractivity contribution in [2.75, 3.05) is 11.9 Å². The molecular formula is C19H26N2. The number of fused-ring (bicyclic) bond motifs is 1. The molecular weight excluding hydrogens is 256 g/mol. The van der Waals surface area contributed by atoms with E-state index in [1.165, 1.54) is 59.1 Å². The van der Waals surface area contributed by atoms with Crippen LogP contribution in [0, 0.1) is 13.8 Å². The smallest absolute Gasteiger partial charge is 0.0755 e. The van der Waals surface area contributed by atoms with E-state index in [1.807, 2.05) is 0 Å². The molecule has 1 aromatic heterocycles. The number of nitrogens with one attached hydrogen (secondary N) is 1. The summed E-state index contributed by atoms with van der Waals surface area (Å²) in [5.41, 5.74) is 6.36. The van der Waals surface area contributed by atoms with E-state index in [1.54, 1.807) is 0 Å². The molecule has 2 nitrogen and oxygen atoms in total. The maximum atomic E-state index is 5.03. The van der Waals surface area contributed by atoms with Crippen molar-refractivity contribution in [1.82, 2.24) is 4.98 Å². The Morgan fingerprint density at radius 3 is 2.62 bits per heavy atom. The Kier molecular flexibility index (Phi) is 4.14. The Morgan fingerprint density at radius 1 is 1.14 bits per heavy atom. The number of hydrogen-bond donors (Lipinski definition) is 1. The van der Waals surface area contributed by atoms with E-state index in [2.05, 4.69) is 44.3 Å². The van der Waals surface area contributed by atoms with Crippen LogP contribution in [-0.4, -0.2) is 11.5 Å². The van der Waals surface area contributed by atoms with Crippen molar-refractivity contribution in [1.29, 1.82) is 0 Å². The van der Waals surface area contributed by atoms with Crippen LogP contribution in [0.15, 0.2) is 18.2 Å². The van der Waals surface area contributed by atoms with E-state index in [9.17, 15) is 0 Å². The fourth-order valence-electron chi connectivity index (χ4n) is 3.54. The predicted molar refractivity (Wildman–Crippen MR) is 91.2 cm³/mol. The van der Waals surface area contributed by atoms with Crippen LogP contribution in [0.3, 0.4) is 0 Å². The SMILES string of the molecule is CCCNc1cc(C2CCCC2)nc2c(C)cc(C)cc12. The summed E-state index contributed by atoms with van der Waals surface area (Å²) in [6.45, 7) is 7.59. The van der Waals surface area contributed by atoms with Crippen LogP contribution >= 0.6 is 0 Å². The number of hydrogen-bond acceptors (Lipinski definition) is 2. The molecule has 1 saturated carbocycles. The minimum Gasteiger partial charge on any atom is -0.384 e. The van der Waals surface area contributed by atoms with Crippen LogP contribution in [0.5, 0.6) is 0 Å². The molecule has 1 aliphatic carbocycles. The van der Waals surface area contributed by atoms with Crippen LogP contribution < -0.4 is 5.32 Å². The molecule has 3 rings (SSSR count). The lowest BCUT2D eigenvalue weighted by molar-refractivity contribution is 0.701. The largest absolute Gasteiger partial charge is 0.384 e. The highest BCUT2D eigenvalue weighted by Crippen LogP contribution is 2.36. The molecule has 0 bridgehead atoms. The Labute approximate surface area is 128 Å². The third-order valence-electron chi connectivity index (χ3n) is 4.61. The lowest BCUT2D eigenvalue weighted by Gasteiger charge is -2.16. The van der Waals surface area contributed by atoms with Gasteiger partial charge >= 0.3 is 0 Å². The van der Waals surface area contributed by atoms with Crippen molar-refractivity contribution in [2.45, 2.75) is 58.8 Å². The van der Waals surface area contributed by atoms with Crippen LogP contribution in [0.4, 0.5) is 5.69 Å². The minimum atomic E-state index is 0.664. The van der Waals surface area contributed by atoms with Crippen molar-refractivity contribution in [2.24, 2.45) is 0 Å². The molecule has 1 heterocycles. The number of aryl methyl sites for hydroxylation is 2. The predicted octanol–water partition coefficient (Wildman–Crippen LogP) is 5.33. The Morgan fingerprint density at radius 2 is 1.90 bits per heavy atom. The van der Waals surface area contributed by atoms with E-state index in [0.717, 1.165) is 13.0 Å². The molecule has 0 spiro atoms. The molecule has 0 radical (unpaired) electrons. The van der Waals surface area contributed by atoms with Crippen molar-refractivity contribution in [3.8, 4) is 0 Å². The Bertz CT molecular complexity index is 640. The van der Waals surface area contributed by atoms with Gasteiger partial charge < -0.3 is 5.32 Å². The molecule has 21 heavy (non-hydrogen) atoms. The monoisotopic (exact) mass is 282 g/mol. The van der Waals surface area contributed by atoms with Crippen LogP contribution in [0.25, 0.3) is 10.9 Å². The normalized spacial score (nSPS) is 15.8. The summed E-state index contributed by atoms with van der Waals surface area (Å²) in [5.74, 6) is 0.664. The van der Waals surface area contributed by atoms with E-state index in [-0.39, 0.29) is 0 Å². The van der Waals surface area contributed by atoms with Crippen molar-refractivity contribution >= 4 is 16.6 Å². The third-order valence-corrected chi connectivity index (χ3v) is 4.61. The van der Waals surface area contributed by atoms with Gasteiger partial charge in [-0.2, -0.15) is 0 Å². The average molecular weight is 282 g/mol. The number of pyridine rings is 1. The topological polar surface area (TPSA) is 24.9 Å². The van der Waals surface area contributed by atoms with Gasteiger partial charge in [-0.3, -0.25) is 4.98 Å². The fourth-order valence-corrected chi connectivity index (χ4v) is 3.54. The van der Waals surface area contributed by atoms with Gasteiger partial charge in [0.25, 0.3) is 0 Å². The fraction of sp³-hybridized carbons (Fsp3) is 0.526.